The van der Waals surface area contributed by atoms with E-state index < -0.39 is 0 Å². The smallest absolute Gasteiger partial charge is 0.0777 e. The maximum absolute atomic E-state index is 7.14. The standard InChI is InChI=1S/C32H54O/c1-21(2)27(4,5)16-13-22(3)23-14-17-30(9)25-12-11-24-28(6,7)26-15-18-32(24,33-26)31(25,10)20-19-29(23,30)8/h22-26H,1,11-20H2,2-10H3/t22-,23-,24?,25?,26+,29-,30+,31-,32-/m1/s1. The summed E-state index contributed by atoms with van der Waals surface area (Å²) in [6.45, 7) is 27.1. The van der Waals surface area contributed by atoms with Crippen LogP contribution >= 0.6 is 0 Å². The Kier molecular flexibility index (Phi) is 5.28. The van der Waals surface area contributed by atoms with E-state index in [1.165, 1.54) is 69.8 Å². The van der Waals surface area contributed by atoms with Gasteiger partial charge in [0.05, 0.1) is 11.7 Å². The summed E-state index contributed by atoms with van der Waals surface area (Å²) in [7, 11) is 0. The zero-order chi connectivity index (χ0) is 24.2. The molecule has 2 heterocycles. The van der Waals surface area contributed by atoms with Crippen LogP contribution in [0.15, 0.2) is 12.2 Å². The summed E-state index contributed by atoms with van der Waals surface area (Å²) in [4.78, 5) is 0. The lowest BCUT2D eigenvalue weighted by Crippen LogP contribution is -2.66. The van der Waals surface area contributed by atoms with Gasteiger partial charge in [0.1, 0.15) is 0 Å². The monoisotopic (exact) mass is 454 g/mol. The van der Waals surface area contributed by atoms with E-state index in [9.17, 15) is 0 Å². The first-order chi connectivity index (χ1) is 15.2. The van der Waals surface area contributed by atoms with Gasteiger partial charge in [-0.15, -0.1) is 0 Å². The van der Waals surface area contributed by atoms with Crippen LogP contribution in [0, 0.1) is 50.7 Å². The summed E-state index contributed by atoms with van der Waals surface area (Å²) in [5, 5.41) is 0. The molecule has 0 radical (unpaired) electrons. The van der Waals surface area contributed by atoms with Gasteiger partial charge in [0.2, 0.25) is 0 Å². The Balaban J connectivity index is 1.42. The first kappa shape index (κ1) is 24.4. The van der Waals surface area contributed by atoms with E-state index in [1.54, 1.807) is 0 Å². The van der Waals surface area contributed by atoms with Crippen LogP contribution < -0.4 is 0 Å². The molecule has 188 valence electrons. The first-order valence-electron chi connectivity index (χ1n) is 14.5. The van der Waals surface area contributed by atoms with Crippen molar-refractivity contribution in [2.75, 3.05) is 0 Å². The van der Waals surface area contributed by atoms with Crippen molar-refractivity contribution in [1.82, 2.24) is 0 Å². The topological polar surface area (TPSA) is 9.23 Å². The lowest BCUT2D eigenvalue weighted by Gasteiger charge is -2.68. The molecule has 2 aliphatic heterocycles. The Hall–Kier alpha value is -0.300. The average molecular weight is 455 g/mol. The summed E-state index contributed by atoms with van der Waals surface area (Å²) in [6.07, 6.45) is 14.3. The van der Waals surface area contributed by atoms with E-state index in [0.717, 1.165) is 23.7 Å². The number of fused-ring (bicyclic) bond motifs is 4. The van der Waals surface area contributed by atoms with E-state index in [1.807, 2.05) is 0 Å². The van der Waals surface area contributed by atoms with Gasteiger partial charge in [-0.2, -0.15) is 0 Å². The number of ether oxygens (including phenoxy) is 1. The molecule has 2 bridgehead atoms. The maximum Gasteiger partial charge on any atom is 0.0777 e. The minimum atomic E-state index is 0.170. The van der Waals surface area contributed by atoms with Crippen LogP contribution in [0.2, 0.25) is 0 Å². The molecule has 0 N–H and O–H groups in total. The highest BCUT2D eigenvalue weighted by Crippen LogP contribution is 2.79. The van der Waals surface area contributed by atoms with Crippen LogP contribution in [0.4, 0.5) is 0 Å². The molecule has 33 heavy (non-hydrogen) atoms. The quantitative estimate of drug-likeness (QED) is 0.376. The van der Waals surface area contributed by atoms with Gasteiger partial charge < -0.3 is 4.74 Å². The molecule has 1 spiro atoms. The van der Waals surface area contributed by atoms with Gasteiger partial charge in [-0.1, -0.05) is 67.5 Å². The largest absolute Gasteiger partial charge is 0.370 e. The summed E-state index contributed by atoms with van der Waals surface area (Å²) in [5.41, 5.74) is 3.48. The molecule has 0 aromatic heterocycles. The molecule has 5 rings (SSSR count). The van der Waals surface area contributed by atoms with E-state index in [0.29, 0.717) is 27.8 Å². The molecule has 5 aliphatic rings. The Bertz CT molecular complexity index is 822. The third-order valence-corrected chi connectivity index (χ3v) is 14.0. The molecule has 2 unspecified atom stereocenters. The minimum absolute atomic E-state index is 0.170. The number of rotatable bonds is 5. The fourth-order valence-corrected chi connectivity index (χ4v) is 11.1. The zero-order valence-electron chi connectivity index (χ0n) is 23.6. The Labute approximate surface area is 205 Å². The average Bonchev–Trinajstić information content (AvgIpc) is 3.35. The van der Waals surface area contributed by atoms with Crippen LogP contribution in [0.3, 0.4) is 0 Å². The summed E-state index contributed by atoms with van der Waals surface area (Å²) in [6, 6.07) is 0. The highest BCUT2D eigenvalue weighted by atomic mass is 16.5. The molecule has 1 heteroatoms. The van der Waals surface area contributed by atoms with Crippen LogP contribution in [0.1, 0.15) is 127 Å². The van der Waals surface area contributed by atoms with E-state index in [2.05, 4.69) is 68.9 Å². The lowest BCUT2D eigenvalue weighted by atomic mass is 9.36. The van der Waals surface area contributed by atoms with Crippen molar-refractivity contribution < 1.29 is 4.74 Å². The molecule has 3 aliphatic carbocycles. The van der Waals surface area contributed by atoms with Gasteiger partial charge in [0.15, 0.2) is 0 Å². The van der Waals surface area contributed by atoms with Crippen LogP contribution in [0.5, 0.6) is 0 Å². The molecule has 2 saturated heterocycles. The summed E-state index contributed by atoms with van der Waals surface area (Å²) in [5.74, 6) is 3.29. The molecule has 0 amide bonds. The van der Waals surface area contributed by atoms with Crippen molar-refractivity contribution in [3.8, 4) is 0 Å². The second-order valence-electron chi connectivity index (χ2n) is 15.6. The second kappa shape index (κ2) is 7.14. The Morgan fingerprint density at radius 1 is 0.879 bits per heavy atom. The van der Waals surface area contributed by atoms with Crippen molar-refractivity contribution in [2.45, 2.75) is 138 Å². The van der Waals surface area contributed by atoms with Crippen molar-refractivity contribution >= 4 is 0 Å². The summed E-state index contributed by atoms with van der Waals surface area (Å²) >= 11 is 0. The van der Waals surface area contributed by atoms with Gasteiger partial charge in [0, 0.05) is 5.41 Å². The van der Waals surface area contributed by atoms with Gasteiger partial charge in [-0.05, 0) is 116 Å². The summed E-state index contributed by atoms with van der Waals surface area (Å²) < 4.78 is 7.14. The minimum Gasteiger partial charge on any atom is -0.370 e. The maximum atomic E-state index is 7.14. The van der Waals surface area contributed by atoms with E-state index in [4.69, 9.17) is 4.74 Å². The fourth-order valence-electron chi connectivity index (χ4n) is 11.1. The van der Waals surface area contributed by atoms with Crippen LogP contribution in [0.25, 0.3) is 0 Å². The van der Waals surface area contributed by atoms with Gasteiger partial charge in [0.25, 0.3) is 0 Å². The molecule has 3 saturated carbocycles. The predicted octanol–water partition coefficient (Wildman–Crippen LogP) is 9.21. The van der Waals surface area contributed by atoms with Crippen molar-refractivity contribution in [2.24, 2.45) is 50.7 Å². The second-order valence-corrected chi connectivity index (χ2v) is 15.6. The molecule has 1 nitrogen and oxygen atoms in total. The SMILES string of the molecule is C=C(C)C(C)(C)CC[C@@H](C)[C@H]1CC[C@@]2(C)C3CCC4C(C)(C)[C@@H]5CC[C@]4(O5)[C@]3(C)CC[C@]12C. The lowest BCUT2D eigenvalue weighted by molar-refractivity contribution is -0.230. The Morgan fingerprint density at radius 3 is 2.18 bits per heavy atom. The van der Waals surface area contributed by atoms with Gasteiger partial charge in [-0.3, -0.25) is 0 Å². The van der Waals surface area contributed by atoms with Crippen molar-refractivity contribution in [3.05, 3.63) is 12.2 Å². The predicted molar refractivity (Wildman–Crippen MR) is 140 cm³/mol. The first-order valence-corrected chi connectivity index (χ1v) is 14.5. The van der Waals surface area contributed by atoms with Crippen LogP contribution in [-0.4, -0.2) is 11.7 Å². The molecule has 5 fully saturated rings. The van der Waals surface area contributed by atoms with E-state index >= 15 is 0 Å². The van der Waals surface area contributed by atoms with Gasteiger partial charge in [-0.25, -0.2) is 0 Å². The fraction of sp³-hybridized carbons (Fsp3) is 0.938. The number of hydrogen-bond acceptors (Lipinski definition) is 1. The normalized spacial score (nSPS) is 51.1. The molecule has 0 aromatic carbocycles. The third kappa shape index (κ3) is 2.87. The number of allylic oxidation sites excluding steroid dienone is 1. The highest BCUT2D eigenvalue weighted by molar-refractivity contribution is 5.25. The third-order valence-electron chi connectivity index (χ3n) is 14.0. The van der Waals surface area contributed by atoms with Crippen molar-refractivity contribution in [1.29, 1.82) is 0 Å². The highest BCUT2D eigenvalue weighted by Gasteiger charge is 2.76. The molecule has 0 aromatic rings. The number of hydrogen-bond donors (Lipinski definition) is 0. The van der Waals surface area contributed by atoms with E-state index in [-0.39, 0.29) is 11.0 Å². The molecular weight excluding hydrogens is 400 g/mol. The van der Waals surface area contributed by atoms with Gasteiger partial charge >= 0.3 is 0 Å². The zero-order valence-corrected chi connectivity index (χ0v) is 23.6. The molecular formula is C32H54O. The van der Waals surface area contributed by atoms with Crippen LogP contribution in [-0.2, 0) is 4.74 Å². The molecule has 9 atom stereocenters. The van der Waals surface area contributed by atoms with Crippen molar-refractivity contribution in [3.63, 3.8) is 0 Å². The Morgan fingerprint density at radius 2 is 1.52 bits per heavy atom.